The van der Waals surface area contributed by atoms with Crippen LogP contribution in [0.5, 0.6) is 0 Å². The van der Waals surface area contributed by atoms with Crippen LogP contribution in [0.4, 0.5) is 11.4 Å². The van der Waals surface area contributed by atoms with Gasteiger partial charge in [0, 0.05) is 17.3 Å². The number of benzene rings is 2. The first-order valence-electron chi connectivity index (χ1n) is 7.51. The van der Waals surface area contributed by atoms with Gasteiger partial charge in [-0.3, -0.25) is 0 Å². The molecule has 2 aromatic carbocycles. The van der Waals surface area contributed by atoms with E-state index in [2.05, 4.69) is 0 Å². The zero-order chi connectivity index (χ0) is 17.5. The highest BCUT2D eigenvalue weighted by Gasteiger charge is 2.13. The summed E-state index contributed by atoms with van der Waals surface area (Å²) >= 11 is 0. The molecular formula is C18H26N4O4. The van der Waals surface area contributed by atoms with E-state index in [1.165, 1.54) is 0 Å². The third-order valence-electron chi connectivity index (χ3n) is 3.29. The fourth-order valence-electron chi connectivity index (χ4n) is 1.89. The Kier molecular flexibility index (Phi) is 9.42. The molecule has 142 valence electrons. The highest BCUT2D eigenvalue weighted by atomic mass is 16.5. The minimum Gasteiger partial charge on any atom is -0.462 e. The van der Waals surface area contributed by atoms with Crippen molar-refractivity contribution in [2.24, 2.45) is 5.92 Å². The standard InChI is InChI=1S/C18H20N2O4.2H3N/c1-12(10-23-17(21)13-2-6-15(19)7-3-13)11-24-18(22)14-4-8-16(20)9-5-14;;/h2-9,12H,10-11,19-20H2,1H3;2*1H3. The monoisotopic (exact) mass is 362 g/mol. The molecular weight excluding hydrogens is 336 g/mol. The lowest BCUT2D eigenvalue weighted by molar-refractivity contribution is 0.0283. The minimum atomic E-state index is -0.438. The molecule has 0 radical (unpaired) electrons. The van der Waals surface area contributed by atoms with Crippen molar-refractivity contribution in [3.05, 3.63) is 59.7 Å². The Morgan fingerprint density at radius 2 is 1.08 bits per heavy atom. The van der Waals surface area contributed by atoms with E-state index in [0.29, 0.717) is 22.5 Å². The molecule has 10 N–H and O–H groups in total. The molecule has 0 amide bonds. The maximum atomic E-state index is 11.9. The third kappa shape index (κ3) is 6.80. The van der Waals surface area contributed by atoms with E-state index >= 15 is 0 Å². The summed E-state index contributed by atoms with van der Waals surface area (Å²) in [5.74, 6) is -1.00. The molecule has 0 bridgehead atoms. The zero-order valence-electron chi connectivity index (χ0n) is 14.8. The maximum Gasteiger partial charge on any atom is 0.338 e. The van der Waals surface area contributed by atoms with E-state index in [1.807, 2.05) is 6.92 Å². The normalized spacial score (nSPS) is 9.62. The van der Waals surface area contributed by atoms with Crippen molar-refractivity contribution in [3.63, 3.8) is 0 Å². The molecule has 8 heteroatoms. The average Bonchev–Trinajstić information content (AvgIpc) is 2.58. The van der Waals surface area contributed by atoms with Crippen molar-refractivity contribution in [1.82, 2.24) is 12.3 Å². The number of carbonyl (C=O) groups is 2. The van der Waals surface area contributed by atoms with Crippen LogP contribution >= 0.6 is 0 Å². The number of ether oxygens (including phenoxy) is 2. The van der Waals surface area contributed by atoms with Gasteiger partial charge < -0.3 is 33.2 Å². The second-order valence-corrected chi connectivity index (χ2v) is 5.55. The molecule has 0 saturated carbocycles. The Hall–Kier alpha value is -3.10. The summed E-state index contributed by atoms with van der Waals surface area (Å²) in [5.41, 5.74) is 13.1. The van der Waals surface area contributed by atoms with Crippen molar-refractivity contribution >= 4 is 23.3 Å². The predicted molar refractivity (Wildman–Crippen MR) is 101 cm³/mol. The Bertz CT molecular complexity index is 641. The van der Waals surface area contributed by atoms with Crippen LogP contribution in [0.15, 0.2) is 48.5 Å². The third-order valence-corrected chi connectivity index (χ3v) is 3.29. The van der Waals surface area contributed by atoms with Crippen molar-refractivity contribution in [2.75, 3.05) is 24.7 Å². The first kappa shape index (κ1) is 22.9. The lowest BCUT2D eigenvalue weighted by Crippen LogP contribution is -2.18. The number of anilines is 2. The lowest BCUT2D eigenvalue weighted by Gasteiger charge is -2.13. The van der Waals surface area contributed by atoms with E-state index < -0.39 is 11.9 Å². The van der Waals surface area contributed by atoms with Crippen LogP contribution < -0.4 is 23.8 Å². The summed E-state index contributed by atoms with van der Waals surface area (Å²) in [5, 5.41) is 0. The summed E-state index contributed by atoms with van der Waals surface area (Å²) in [6, 6.07) is 12.9. The number of rotatable bonds is 6. The van der Waals surface area contributed by atoms with Crippen LogP contribution in [0.3, 0.4) is 0 Å². The number of hydrogen-bond donors (Lipinski definition) is 4. The van der Waals surface area contributed by atoms with Gasteiger partial charge in [-0.15, -0.1) is 0 Å². The van der Waals surface area contributed by atoms with Gasteiger partial charge >= 0.3 is 11.9 Å². The van der Waals surface area contributed by atoms with Gasteiger partial charge in [-0.2, -0.15) is 0 Å². The smallest absolute Gasteiger partial charge is 0.338 e. The Morgan fingerprint density at radius 3 is 1.38 bits per heavy atom. The molecule has 0 aromatic heterocycles. The van der Waals surface area contributed by atoms with Gasteiger partial charge in [0.15, 0.2) is 0 Å². The molecule has 8 nitrogen and oxygen atoms in total. The van der Waals surface area contributed by atoms with Crippen molar-refractivity contribution in [1.29, 1.82) is 0 Å². The zero-order valence-corrected chi connectivity index (χ0v) is 14.8. The quantitative estimate of drug-likeness (QED) is 0.448. The molecule has 0 spiro atoms. The molecule has 0 aliphatic carbocycles. The molecule has 0 aliphatic heterocycles. The van der Waals surface area contributed by atoms with Gasteiger partial charge in [0.25, 0.3) is 0 Å². The van der Waals surface area contributed by atoms with Gasteiger partial charge in [0.1, 0.15) is 0 Å². The Balaban J connectivity index is 0.00000312. The minimum absolute atomic E-state index is 0. The van der Waals surface area contributed by atoms with Crippen LogP contribution in [-0.2, 0) is 9.47 Å². The Morgan fingerprint density at radius 1 is 0.769 bits per heavy atom. The second-order valence-electron chi connectivity index (χ2n) is 5.55. The fraction of sp³-hybridized carbons (Fsp3) is 0.222. The van der Waals surface area contributed by atoms with Crippen molar-refractivity contribution in [2.45, 2.75) is 6.92 Å². The highest BCUT2D eigenvalue weighted by Crippen LogP contribution is 2.10. The molecule has 0 atom stereocenters. The summed E-state index contributed by atoms with van der Waals surface area (Å²) in [4.78, 5) is 23.7. The summed E-state index contributed by atoms with van der Waals surface area (Å²) < 4.78 is 10.4. The van der Waals surface area contributed by atoms with Gasteiger partial charge in [-0.05, 0) is 48.5 Å². The topological polar surface area (TPSA) is 175 Å². The molecule has 2 aromatic rings. The van der Waals surface area contributed by atoms with Gasteiger partial charge in [-0.25, -0.2) is 9.59 Å². The van der Waals surface area contributed by atoms with Crippen LogP contribution in [-0.4, -0.2) is 25.2 Å². The lowest BCUT2D eigenvalue weighted by atomic mass is 10.2. The second kappa shape index (κ2) is 10.7. The van der Waals surface area contributed by atoms with Crippen LogP contribution in [0.2, 0.25) is 0 Å². The Labute approximate surface area is 152 Å². The number of esters is 2. The number of carbonyl (C=O) groups excluding carboxylic acids is 2. The predicted octanol–water partition coefficient (Wildman–Crippen LogP) is 2.82. The first-order chi connectivity index (χ1) is 11.5. The SMILES string of the molecule is CC(COC(=O)c1ccc(N)cc1)COC(=O)c1ccc(N)cc1.N.N. The number of nitrogens with two attached hydrogens (primary N) is 2. The molecule has 2 rings (SSSR count). The molecule has 0 heterocycles. The first-order valence-corrected chi connectivity index (χ1v) is 7.51. The molecule has 0 saturated heterocycles. The van der Waals surface area contributed by atoms with Gasteiger partial charge in [0.05, 0.1) is 24.3 Å². The molecule has 0 aliphatic rings. The van der Waals surface area contributed by atoms with Crippen LogP contribution in [0, 0.1) is 5.92 Å². The fourth-order valence-corrected chi connectivity index (χ4v) is 1.89. The van der Waals surface area contributed by atoms with Crippen molar-refractivity contribution < 1.29 is 19.1 Å². The van der Waals surface area contributed by atoms with E-state index in [0.717, 1.165) is 0 Å². The van der Waals surface area contributed by atoms with Gasteiger partial charge in [0.2, 0.25) is 0 Å². The van der Waals surface area contributed by atoms with Gasteiger partial charge in [-0.1, -0.05) is 6.92 Å². The number of hydrogen-bond acceptors (Lipinski definition) is 8. The van der Waals surface area contributed by atoms with E-state index in [1.54, 1.807) is 48.5 Å². The van der Waals surface area contributed by atoms with Crippen LogP contribution in [0.1, 0.15) is 27.6 Å². The highest BCUT2D eigenvalue weighted by molar-refractivity contribution is 5.90. The molecule has 0 unspecified atom stereocenters. The summed E-state index contributed by atoms with van der Waals surface area (Å²) in [6.07, 6.45) is 0. The summed E-state index contributed by atoms with van der Waals surface area (Å²) in [7, 11) is 0. The number of nitrogen functional groups attached to an aromatic ring is 2. The van der Waals surface area contributed by atoms with E-state index in [-0.39, 0.29) is 31.4 Å². The maximum absolute atomic E-state index is 11.9. The average molecular weight is 362 g/mol. The van der Waals surface area contributed by atoms with Crippen LogP contribution in [0.25, 0.3) is 0 Å². The summed E-state index contributed by atoms with van der Waals surface area (Å²) in [6.45, 7) is 2.13. The molecule has 0 fully saturated rings. The molecule has 26 heavy (non-hydrogen) atoms. The van der Waals surface area contributed by atoms with E-state index in [9.17, 15) is 9.59 Å². The largest absolute Gasteiger partial charge is 0.462 e. The van der Waals surface area contributed by atoms with Crippen molar-refractivity contribution in [3.8, 4) is 0 Å². The van der Waals surface area contributed by atoms with E-state index in [4.69, 9.17) is 20.9 Å².